The van der Waals surface area contributed by atoms with Crippen molar-refractivity contribution < 1.29 is 9.59 Å². The summed E-state index contributed by atoms with van der Waals surface area (Å²) in [6.07, 6.45) is 3.01. The molecule has 0 saturated carbocycles. The molecule has 1 saturated heterocycles. The number of hydrogen-bond donors (Lipinski definition) is 2. The second kappa shape index (κ2) is 11.5. The lowest BCUT2D eigenvalue weighted by Crippen LogP contribution is -2.46. The van der Waals surface area contributed by atoms with E-state index in [0.717, 1.165) is 44.6 Å². The van der Waals surface area contributed by atoms with Crippen LogP contribution >= 0.6 is 0 Å². The molecule has 1 fully saturated rings. The van der Waals surface area contributed by atoms with E-state index in [2.05, 4.69) is 46.8 Å². The summed E-state index contributed by atoms with van der Waals surface area (Å²) in [7, 11) is 2.19. The summed E-state index contributed by atoms with van der Waals surface area (Å²) in [4.78, 5) is 29.5. The summed E-state index contributed by atoms with van der Waals surface area (Å²) in [6.45, 7) is 2.55. The van der Waals surface area contributed by atoms with Crippen LogP contribution in [0.1, 0.15) is 28.8 Å². The quantitative estimate of drug-likeness (QED) is 0.519. The summed E-state index contributed by atoms with van der Waals surface area (Å²) in [5, 5.41) is 5.58. The van der Waals surface area contributed by atoms with Crippen molar-refractivity contribution in [3.05, 3.63) is 96.1 Å². The van der Waals surface area contributed by atoms with E-state index < -0.39 is 0 Å². The normalized spacial score (nSPS) is 14.1. The first kappa shape index (κ1) is 23.5. The van der Waals surface area contributed by atoms with Crippen LogP contribution in [0.3, 0.4) is 0 Å². The third-order valence-corrected chi connectivity index (χ3v) is 6.39. The van der Waals surface area contributed by atoms with Crippen LogP contribution < -0.4 is 10.6 Å². The molecule has 0 radical (unpaired) electrons. The molecule has 0 atom stereocenters. The number of nitrogens with one attached hydrogen (secondary N) is 2. The molecule has 1 aliphatic rings. The number of benzene rings is 3. The number of para-hydroxylation sites is 1. The number of carbonyl (C=O) groups excluding carboxylic acids is 2. The number of amides is 3. The van der Waals surface area contributed by atoms with Crippen LogP contribution in [0.4, 0.5) is 16.2 Å². The van der Waals surface area contributed by atoms with Gasteiger partial charge in [0.2, 0.25) is 0 Å². The SMILES string of the molecule is CN(CCc1ccccc1)C1CCN(C(=O)c2ccc(NC(=O)Nc3ccccc3)cc2)CC1. The van der Waals surface area contributed by atoms with Gasteiger partial charge in [-0.25, -0.2) is 4.79 Å². The van der Waals surface area contributed by atoms with Crippen LogP contribution in [-0.2, 0) is 6.42 Å². The van der Waals surface area contributed by atoms with Crippen molar-refractivity contribution in [1.82, 2.24) is 9.80 Å². The van der Waals surface area contributed by atoms with Crippen LogP contribution in [-0.4, -0.2) is 54.5 Å². The summed E-state index contributed by atoms with van der Waals surface area (Å²) < 4.78 is 0. The van der Waals surface area contributed by atoms with E-state index in [4.69, 9.17) is 0 Å². The lowest BCUT2D eigenvalue weighted by atomic mass is 10.0. The van der Waals surface area contributed by atoms with Crippen LogP contribution in [0.5, 0.6) is 0 Å². The highest BCUT2D eigenvalue weighted by molar-refractivity contribution is 6.00. The Labute approximate surface area is 201 Å². The number of urea groups is 1. The van der Waals surface area contributed by atoms with Gasteiger partial charge < -0.3 is 20.4 Å². The molecule has 3 amide bonds. The minimum absolute atomic E-state index is 0.0469. The third kappa shape index (κ3) is 6.45. The molecule has 34 heavy (non-hydrogen) atoms. The number of piperidine rings is 1. The number of likely N-dealkylation sites (N-methyl/N-ethyl adjacent to an activating group) is 1. The Bertz CT molecular complexity index is 1060. The molecule has 6 heteroatoms. The van der Waals surface area contributed by atoms with Gasteiger partial charge in [0.15, 0.2) is 0 Å². The number of anilines is 2. The van der Waals surface area contributed by atoms with Gasteiger partial charge in [0.25, 0.3) is 5.91 Å². The van der Waals surface area contributed by atoms with Gasteiger partial charge in [0, 0.05) is 42.6 Å². The zero-order chi connectivity index (χ0) is 23.8. The number of hydrogen-bond acceptors (Lipinski definition) is 3. The molecular weight excluding hydrogens is 424 g/mol. The van der Waals surface area contributed by atoms with E-state index in [0.29, 0.717) is 17.3 Å². The first-order valence-corrected chi connectivity index (χ1v) is 11.8. The molecule has 0 bridgehead atoms. The zero-order valence-corrected chi connectivity index (χ0v) is 19.6. The molecule has 3 aromatic carbocycles. The molecular formula is C28H32N4O2. The minimum atomic E-state index is -0.316. The second-order valence-corrected chi connectivity index (χ2v) is 8.76. The zero-order valence-electron chi connectivity index (χ0n) is 19.6. The summed E-state index contributed by atoms with van der Waals surface area (Å²) in [6, 6.07) is 27.1. The second-order valence-electron chi connectivity index (χ2n) is 8.76. The molecule has 1 aliphatic heterocycles. The minimum Gasteiger partial charge on any atom is -0.339 e. The van der Waals surface area contributed by atoms with Gasteiger partial charge in [0.05, 0.1) is 0 Å². The Morgan fingerprint density at radius 2 is 1.38 bits per heavy atom. The lowest BCUT2D eigenvalue weighted by Gasteiger charge is -2.37. The van der Waals surface area contributed by atoms with Gasteiger partial charge in [-0.15, -0.1) is 0 Å². The predicted molar refractivity (Wildman–Crippen MR) is 137 cm³/mol. The van der Waals surface area contributed by atoms with E-state index in [-0.39, 0.29) is 11.9 Å². The Morgan fingerprint density at radius 3 is 2.00 bits per heavy atom. The van der Waals surface area contributed by atoms with E-state index in [1.54, 1.807) is 24.3 Å². The van der Waals surface area contributed by atoms with Gasteiger partial charge in [-0.05, 0) is 68.3 Å². The van der Waals surface area contributed by atoms with Crippen molar-refractivity contribution >= 4 is 23.3 Å². The Balaban J connectivity index is 1.23. The first-order chi connectivity index (χ1) is 16.6. The molecule has 3 aromatic rings. The number of carbonyl (C=O) groups is 2. The highest BCUT2D eigenvalue weighted by Crippen LogP contribution is 2.19. The highest BCUT2D eigenvalue weighted by Gasteiger charge is 2.25. The first-order valence-electron chi connectivity index (χ1n) is 11.8. The maximum atomic E-state index is 13.0. The highest BCUT2D eigenvalue weighted by atomic mass is 16.2. The maximum absolute atomic E-state index is 13.0. The standard InChI is InChI=1S/C28H32N4O2/c1-31(19-16-22-8-4-2-5-9-22)26-17-20-32(21-18-26)27(33)23-12-14-25(15-13-23)30-28(34)29-24-10-6-3-7-11-24/h2-15,26H,16-21H2,1H3,(H2,29,30,34). The van der Waals surface area contributed by atoms with Gasteiger partial charge in [-0.2, -0.15) is 0 Å². The molecule has 2 N–H and O–H groups in total. The van der Waals surface area contributed by atoms with Crippen molar-refractivity contribution in [2.24, 2.45) is 0 Å². The fraction of sp³-hybridized carbons (Fsp3) is 0.286. The molecule has 0 aromatic heterocycles. The van der Waals surface area contributed by atoms with Crippen LogP contribution in [0.2, 0.25) is 0 Å². The lowest BCUT2D eigenvalue weighted by molar-refractivity contribution is 0.0647. The van der Waals surface area contributed by atoms with Gasteiger partial charge in [0.1, 0.15) is 0 Å². The molecule has 0 aliphatic carbocycles. The fourth-order valence-electron chi connectivity index (χ4n) is 4.34. The molecule has 176 valence electrons. The topological polar surface area (TPSA) is 64.7 Å². The molecule has 4 rings (SSSR count). The van der Waals surface area contributed by atoms with E-state index in [9.17, 15) is 9.59 Å². The largest absolute Gasteiger partial charge is 0.339 e. The molecule has 1 heterocycles. The van der Waals surface area contributed by atoms with Crippen LogP contribution in [0.15, 0.2) is 84.9 Å². The van der Waals surface area contributed by atoms with Crippen molar-refractivity contribution in [2.45, 2.75) is 25.3 Å². The molecule has 0 spiro atoms. The van der Waals surface area contributed by atoms with E-state index >= 15 is 0 Å². The Kier molecular flexibility index (Phi) is 7.94. The maximum Gasteiger partial charge on any atom is 0.323 e. The molecule has 0 unspecified atom stereocenters. The Hall–Kier alpha value is -3.64. The number of nitrogens with zero attached hydrogens (tertiary/aromatic N) is 2. The van der Waals surface area contributed by atoms with Crippen molar-refractivity contribution in [3.8, 4) is 0 Å². The van der Waals surface area contributed by atoms with Gasteiger partial charge in [-0.3, -0.25) is 4.79 Å². The van der Waals surface area contributed by atoms with Crippen LogP contribution in [0.25, 0.3) is 0 Å². The van der Waals surface area contributed by atoms with Gasteiger partial charge >= 0.3 is 6.03 Å². The van der Waals surface area contributed by atoms with Crippen LogP contribution in [0, 0.1) is 0 Å². The number of likely N-dealkylation sites (tertiary alicyclic amines) is 1. The third-order valence-electron chi connectivity index (χ3n) is 6.39. The Morgan fingerprint density at radius 1 is 0.824 bits per heavy atom. The molecule has 6 nitrogen and oxygen atoms in total. The van der Waals surface area contributed by atoms with Gasteiger partial charge in [-0.1, -0.05) is 48.5 Å². The fourth-order valence-corrected chi connectivity index (χ4v) is 4.34. The van der Waals surface area contributed by atoms with Crippen molar-refractivity contribution in [2.75, 3.05) is 37.3 Å². The average molecular weight is 457 g/mol. The predicted octanol–water partition coefficient (Wildman–Crippen LogP) is 5.11. The van der Waals surface area contributed by atoms with E-state index in [1.807, 2.05) is 41.3 Å². The van der Waals surface area contributed by atoms with Crippen molar-refractivity contribution in [1.29, 1.82) is 0 Å². The average Bonchev–Trinajstić information content (AvgIpc) is 2.88. The number of rotatable bonds is 7. The monoisotopic (exact) mass is 456 g/mol. The summed E-state index contributed by atoms with van der Waals surface area (Å²) in [5.41, 5.74) is 3.37. The van der Waals surface area contributed by atoms with E-state index in [1.165, 1.54) is 5.56 Å². The summed E-state index contributed by atoms with van der Waals surface area (Å²) in [5.74, 6) is 0.0469. The van der Waals surface area contributed by atoms with Crippen molar-refractivity contribution in [3.63, 3.8) is 0 Å². The summed E-state index contributed by atoms with van der Waals surface area (Å²) >= 11 is 0. The smallest absolute Gasteiger partial charge is 0.323 e.